The van der Waals surface area contributed by atoms with Crippen molar-refractivity contribution in [2.24, 2.45) is 0 Å². The molecule has 5 rings (SSSR count). The highest BCUT2D eigenvalue weighted by molar-refractivity contribution is 6.03. The van der Waals surface area contributed by atoms with E-state index in [9.17, 15) is 4.79 Å². The van der Waals surface area contributed by atoms with Gasteiger partial charge in [-0.25, -0.2) is 4.68 Å². The molecule has 0 saturated heterocycles. The van der Waals surface area contributed by atoms with Crippen molar-refractivity contribution in [3.05, 3.63) is 84.4 Å². The van der Waals surface area contributed by atoms with Gasteiger partial charge >= 0.3 is 0 Å². The maximum Gasteiger partial charge on any atom is 0.253 e. The average molecular weight is 411 g/mol. The van der Waals surface area contributed by atoms with Crippen LogP contribution in [0.15, 0.2) is 78.9 Å². The van der Waals surface area contributed by atoms with Crippen LogP contribution in [0, 0.1) is 0 Å². The van der Waals surface area contributed by atoms with Crippen molar-refractivity contribution >= 4 is 11.6 Å². The third kappa shape index (κ3) is 3.32. The van der Waals surface area contributed by atoms with Gasteiger partial charge in [-0.05, 0) is 60.7 Å². The lowest BCUT2D eigenvalue weighted by Crippen LogP contribution is -2.21. The minimum atomic E-state index is -0.541. The molecule has 0 radical (unpaired) electrons. The Morgan fingerprint density at radius 3 is 2.10 bits per heavy atom. The van der Waals surface area contributed by atoms with Crippen LogP contribution in [0.4, 0.5) is 5.69 Å². The fraction of sp³-hybridized carbons (Fsp3) is 0.120. The Kier molecular flexibility index (Phi) is 4.67. The lowest BCUT2D eigenvalue weighted by atomic mass is 10.1. The highest BCUT2D eigenvalue weighted by Gasteiger charge is 2.34. The minimum absolute atomic E-state index is 0.0969. The standard InChI is InChI=1S/C25H21N3O3/c1-30-18-11-7-16(8-12-18)22-15-23(17-9-13-19(31-2)14-10-17)28(27-22)24-20-5-3-4-6-21(20)26-25(24)29/h3-15,24H,1-2H3,(H,26,29)/t24-/m0/s1. The molecular formula is C25H21N3O3. The first-order chi connectivity index (χ1) is 15.2. The predicted molar refractivity (Wildman–Crippen MR) is 119 cm³/mol. The molecule has 2 heterocycles. The molecule has 0 spiro atoms. The number of nitrogens with one attached hydrogen (secondary N) is 1. The molecular weight excluding hydrogens is 390 g/mol. The number of amides is 1. The minimum Gasteiger partial charge on any atom is -0.497 e. The number of anilines is 1. The van der Waals surface area contributed by atoms with Crippen molar-refractivity contribution in [3.63, 3.8) is 0 Å². The van der Waals surface area contributed by atoms with Gasteiger partial charge in [0, 0.05) is 22.4 Å². The zero-order valence-electron chi connectivity index (χ0n) is 17.2. The summed E-state index contributed by atoms with van der Waals surface area (Å²) in [5.41, 5.74) is 5.26. The number of carbonyl (C=O) groups is 1. The van der Waals surface area contributed by atoms with Gasteiger partial charge in [0.15, 0.2) is 6.04 Å². The number of nitrogens with zero attached hydrogens (tertiary/aromatic N) is 2. The normalized spacial score (nSPS) is 14.8. The fourth-order valence-corrected chi connectivity index (χ4v) is 3.91. The summed E-state index contributed by atoms with van der Waals surface area (Å²) in [5.74, 6) is 1.46. The molecule has 154 valence electrons. The lowest BCUT2D eigenvalue weighted by Gasteiger charge is -2.14. The largest absolute Gasteiger partial charge is 0.497 e. The predicted octanol–water partition coefficient (Wildman–Crippen LogP) is 4.78. The second kappa shape index (κ2) is 7.65. The van der Waals surface area contributed by atoms with Gasteiger partial charge < -0.3 is 14.8 Å². The van der Waals surface area contributed by atoms with Crippen molar-refractivity contribution in [1.29, 1.82) is 0 Å². The molecule has 31 heavy (non-hydrogen) atoms. The van der Waals surface area contributed by atoms with Gasteiger partial charge in [0.25, 0.3) is 5.91 Å². The van der Waals surface area contributed by atoms with Crippen molar-refractivity contribution in [2.45, 2.75) is 6.04 Å². The number of rotatable bonds is 5. The zero-order valence-corrected chi connectivity index (χ0v) is 17.2. The summed E-state index contributed by atoms with van der Waals surface area (Å²) in [6.07, 6.45) is 0. The van der Waals surface area contributed by atoms with Gasteiger partial charge in [0.1, 0.15) is 11.5 Å². The first kappa shape index (κ1) is 18.9. The number of para-hydroxylation sites is 1. The molecule has 6 nitrogen and oxygen atoms in total. The molecule has 0 aliphatic carbocycles. The summed E-state index contributed by atoms with van der Waals surface area (Å²) >= 11 is 0. The molecule has 0 unspecified atom stereocenters. The summed E-state index contributed by atoms with van der Waals surface area (Å²) in [7, 11) is 3.28. The third-order valence-corrected chi connectivity index (χ3v) is 5.51. The van der Waals surface area contributed by atoms with Crippen LogP contribution >= 0.6 is 0 Å². The van der Waals surface area contributed by atoms with Crippen molar-refractivity contribution < 1.29 is 14.3 Å². The quantitative estimate of drug-likeness (QED) is 0.514. The van der Waals surface area contributed by atoms with Crippen molar-refractivity contribution in [2.75, 3.05) is 19.5 Å². The van der Waals surface area contributed by atoms with Crippen molar-refractivity contribution in [1.82, 2.24) is 9.78 Å². The van der Waals surface area contributed by atoms with Crippen LogP contribution in [0.25, 0.3) is 22.5 Å². The number of aromatic nitrogens is 2. The Morgan fingerprint density at radius 1 is 0.839 bits per heavy atom. The SMILES string of the molecule is COc1ccc(-c2cc(-c3ccc(OC)cc3)n([C@@H]3C(=O)Nc4ccccc43)n2)cc1. The number of hydrogen-bond acceptors (Lipinski definition) is 4. The molecule has 0 saturated carbocycles. The maximum absolute atomic E-state index is 12.9. The third-order valence-electron chi connectivity index (χ3n) is 5.51. The molecule has 0 bridgehead atoms. The number of ether oxygens (including phenoxy) is 2. The van der Waals surface area contributed by atoms with Gasteiger partial charge in [-0.2, -0.15) is 5.10 Å². The molecule has 0 fully saturated rings. The van der Waals surface area contributed by atoms with Gasteiger partial charge in [-0.15, -0.1) is 0 Å². The number of benzene rings is 3. The molecule has 4 aromatic rings. The van der Waals surface area contributed by atoms with Crippen LogP contribution in [-0.4, -0.2) is 29.9 Å². The Morgan fingerprint density at radius 2 is 1.45 bits per heavy atom. The highest BCUT2D eigenvalue weighted by Crippen LogP contribution is 2.38. The molecule has 1 N–H and O–H groups in total. The van der Waals surface area contributed by atoms with Crippen molar-refractivity contribution in [3.8, 4) is 34.0 Å². The Bertz CT molecular complexity index is 1240. The van der Waals surface area contributed by atoms with E-state index in [0.717, 1.165) is 45.3 Å². The number of carbonyl (C=O) groups excluding carboxylic acids is 1. The van der Waals surface area contributed by atoms with E-state index in [0.29, 0.717) is 0 Å². The Hall–Kier alpha value is -4.06. The van der Waals surface area contributed by atoms with E-state index in [1.165, 1.54) is 0 Å². The van der Waals surface area contributed by atoms with E-state index in [2.05, 4.69) is 5.32 Å². The summed E-state index contributed by atoms with van der Waals surface area (Å²) in [4.78, 5) is 12.9. The van der Waals surface area contributed by atoms with Gasteiger partial charge in [0.2, 0.25) is 0 Å². The van der Waals surface area contributed by atoms with E-state index in [-0.39, 0.29) is 5.91 Å². The van der Waals surface area contributed by atoms with Crippen LogP contribution in [0.5, 0.6) is 11.5 Å². The van der Waals surface area contributed by atoms with E-state index >= 15 is 0 Å². The van der Waals surface area contributed by atoms with Crippen LogP contribution < -0.4 is 14.8 Å². The molecule has 6 heteroatoms. The summed E-state index contributed by atoms with van der Waals surface area (Å²) in [6, 6.07) is 24.7. The second-order valence-corrected chi connectivity index (χ2v) is 7.30. The monoisotopic (exact) mass is 411 g/mol. The Balaban J connectivity index is 1.66. The van der Waals surface area contributed by atoms with Crippen LogP contribution in [0.1, 0.15) is 11.6 Å². The fourth-order valence-electron chi connectivity index (χ4n) is 3.91. The van der Waals surface area contributed by atoms with Crippen LogP contribution in [0.2, 0.25) is 0 Å². The van der Waals surface area contributed by atoms with E-state index in [4.69, 9.17) is 14.6 Å². The van der Waals surface area contributed by atoms with Gasteiger partial charge in [0.05, 0.1) is 25.6 Å². The first-order valence-electron chi connectivity index (χ1n) is 9.96. The molecule has 1 atom stereocenters. The zero-order chi connectivity index (χ0) is 21.4. The first-order valence-corrected chi connectivity index (χ1v) is 9.96. The molecule has 1 aliphatic rings. The van der Waals surface area contributed by atoms with E-state index in [1.807, 2.05) is 83.5 Å². The molecule has 1 aromatic heterocycles. The van der Waals surface area contributed by atoms with Crippen LogP contribution in [0.3, 0.4) is 0 Å². The maximum atomic E-state index is 12.9. The molecule has 3 aromatic carbocycles. The van der Waals surface area contributed by atoms with E-state index < -0.39 is 6.04 Å². The number of methoxy groups -OCH3 is 2. The summed E-state index contributed by atoms with van der Waals surface area (Å²) in [6.45, 7) is 0. The summed E-state index contributed by atoms with van der Waals surface area (Å²) < 4.78 is 12.4. The smallest absolute Gasteiger partial charge is 0.253 e. The Labute approximate surface area is 180 Å². The van der Waals surface area contributed by atoms with E-state index in [1.54, 1.807) is 14.2 Å². The topological polar surface area (TPSA) is 65.4 Å². The number of hydrogen-bond donors (Lipinski definition) is 1. The molecule has 1 amide bonds. The lowest BCUT2D eigenvalue weighted by molar-refractivity contribution is -0.117. The highest BCUT2D eigenvalue weighted by atomic mass is 16.5. The molecule has 1 aliphatic heterocycles. The van der Waals surface area contributed by atoms with Crippen LogP contribution in [-0.2, 0) is 4.79 Å². The summed E-state index contributed by atoms with van der Waals surface area (Å²) in [5, 5.41) is 7.84. The van der Waals surface area contributed by atoms with Gasteiger partial charge in [-0.1, -0.05) is 18.2 Å². The average Bonchev–Trinajstić information content (AvgIpc) is 3.39. The second-order valence-electron chi connectivity index (χ2n) is 7.30. The van der Waals surface area contributed by atoms with Gasteiger partial charge in [-0.3, -0.25) is 4.79 Å². The number of fused-ring (bicyclic) bond motifs is 1.